The number of rotatable bonds is 4. The summed E-state index contributed by atoms with van der Waals surface area (Å²) in [6.07, 6.45) is 3.64. The molecule has 0 aliphatic carbocycles. The second-order valence-corrected chi connectivity index (χ2v) is 5.91. The van der Waals surface area contributed by atoms with Crippen molar-refractivity contribution in [2.75, 3.05) is 19.6 Å². The van der Waals surface area contributed by atoms with Crippen LogP contribution in [0.4, 0.5) is 4.39 Å². The predicted octanol–water partition coefficient (Wildman–Crippen LogP) is 3.15. The van der Waals surface area contributed by atoms with Crippen molar-refractivity contribution in [2.24, 2.45) is 11.7 Å². The van der Waals surface area contributed by atoms with E-state index in [1.54, 1.807) is 0 Å². The van der Waals surface area contributed by atoms with Gasteiger partial charge in [-0.2, -0.15) is 0 Å². The zero-order chi connectivity index (χ0) is 13.0. The molecule has 2 rings (SSSR count). The molecule has 0 spiro atoms. The molecule has 1 aliphatic heterocycles. The van der Waals surface area contributed by atoms with E-state index in [0.717, 1.165) is 48.6 Å². The van der Waals surface area contributed by atoms with E-state index < -0.39 is 0 Å². The van der Waals surface area contributed by atoms with Crippen LogP contribution in [0.2, 0.25) is 0 Å². The lowest BCUT2D eigenvalue weighted by atomic mass is 9.94. The smallest absolute Gasteiger partial charge is 0.124 e. The van der Waals surface area contributed by atoms with E-state index in [9.17, 15) is 4.39 Å². The van der Waals surface area contributed by atoms with Crippen LogP contribution in [0.3, 0.4) is 0 Å². The van der Waals surface area contributed by atoms with Gasteiger partial charge in [-0.05, 0) is 56.0 Å². The van der Waals surface area contributed by atoms with E-state index >= 15 is 0 Å². The summed E-state index contributed by atoms with van der Waals surface area (Å²) in [5, 5.41) is 0. The summed E-state index contributed by atoms with van der Waals surface area (Å²) in [6.45, 7) is 3.91. The van der Waals surface area contributed by atoms with Gasteiger partial charge in [-0.15, -0.1) is 0 Å². The van der Waals surface area contributed by atoms with Gasteiger partial charge in [-0.25, -0.2) is 4.39 Å². The molecule has 0 saturated carbocycles. The molecule has 1 fully saturated rings. The molecule has 2 nitrogen and oxygen atoms in total. The van der Waals surface area contributed by atoms with E-state index in [4.69, 9.17) is 5.73 Å². The summed E-state index contributed by atoms with van der Waals surface area (Å²) < 4.78 is 13.9. The molecule has 1 aromatic rings. The monoisotopic (exact) mass is 314 g/mol. The highest BCUT2D eigenvalue weighted by Crippen LogP contribution is 2.24. The van der Waals surface area contributed by atoms with Gasteiger partial charge < -0.3 is 5.73 Å². The minimum absolute atomic E-state index is 0.190. The molecule has 1 atom stereocenters. The van der Waals surface area contributed by atoms with E-state index in [1.165, 1.54) is 25.0 Å². The van der Waals surface area contributed by atoms with Gasteiger partial charge in [0.25, 0.3) is 0 Å². The van der Waals surface area contributed by atoms with Crippen LogP contribution in [-0.2, 0) is 6.54 Å². The van der Waals surface area contributed by atoms with Crippen molar-refractivity contribution >= 4 is 15.9 Å². The first kappa shape index (κ1) is 14.0. The molecule has 1 heterocycles. The third kappa shape index (κ3) is 3.77. The summed E-state index contributed by atoms with van der Waals surface area (Å²) in [5.74, 6) is 0.535. The average Bonchev–Trinajstić information content (AvgIpc) is 2.34. The molecular weight excluding hydrogens is 295 g/mol. The van der Waals surface area contributed by atoms with Gasteiger partial charge in [0.15, 0.2) is 0 Å². The van der Waals surface area contributed by atoms with Crippen molar-refractivity contribution in [1.82, 2.24) is 4.90 Å². The molecule has 0 aromatic heterocycles. The van der Waals surface area contributed by atoms with Crippen molar-refractivity contribution in [1.29, 1.82) is 0 Å². The van der Waals surface area contributed by atoms with Crippen molar-refractivity contribution in [2.45, 2.75) is 25.8 Å². The Hall–Kier alpha value is -0.450. The number of halogens is 2. The van der Waals surface area contributed by atoms with Crippen LogP contribution in [0.1, 0.15) is 24.8 Å². The first-order chi connectivity index (χ1) is 8.69. The lowest BCUT2D eigenvalue weighted by Gasteiger charge is -2.32. The van der Waals surface area contributed by atoms with Gasteiger partial charge in [0.05, 0.1) is 0 Å². The van der Waals surface area contributed by atoms with Gasteiger partial charge in [0.1, 0.15) is 5.82 Å². The zero-order valence-electron chi connectivity index (χ0n) is 10.5. The maximum Gasteiger partial charge on any atom is 0.124 e. The Morgan fingerprint density at radius 1 is 1.44 bits per heavy atom. The fraction of sp³-hybridized carbons (Fsp3) is 0.571. The molecule has 4 heteroatoms. The maximum atomic E-state index is 13.0. The Labute approximate surface area is 116 Å². The van der Waals surface area contributed by atoms with Gasteiger partial charge in [-0.1, -0.05) is 22.0 Å². The highest BCUT2D eigenvalue weighted by atomic mass is 79.9. The Bertz CT molecular complexity index is 395. The van der Waals surface area contributed by atoms with Crippen molar-refractivity contribution in [3.05, 3.63) is 34.1 Å². The number of nitrogens with zero attached hydrogens (tertiary/aromatic N) is 1. The highest BCUT2D eigenvalue weighted by molar-refractivity contribution is 9.10. The molecule has 1 aromatic carbocycles. The Morgan fingerprint density at radius 2 is 2.28 bits per heavy atom. The van der Waals surface area contributed by atoms with Crippen LogP contribution in [0, 0.1) is 11.7 Å². The van der Waals surface area contributed by atoms with Gasteiger partial charge in [0.2, 0.25) is 0 Å². The quantitative estimate of drug-likeness (QED) is 0.925. The predicted molar refractivity (Wildman–Crippen MR) is 75.8 cm³/mol. The SMILES string of the molecule is NCCC1CCCN(Cc2ccc(F)cc2Br)C1. The molecule has 1 aliphatic rings. The minimum atomic E-state index is -0.190. The normalized spacial score (nSPS) is 21.2. The van der Waals surface area contributed by atoms with Crippen LogP contribution >= 0.6 is 15.9 Å². The van der Waals surface area contributed by atoms with Gasteiger partial charge >= 0.3 is 0 Å². The van der Waals surface area contributed by atoms with Gasteiger partial charge in [0, 0.05) is 17.6 Å². The number of benzene rings is 1. The summed E-state index contributed by atoms with van der Waals surface area (Å²) >= 11 is 3.43. The molecular formula is C14H20BrFN2. The van der Waals surface area contributed by atoms with Crippen LogP contribution in [0.5, 0.6) is 0 Å². The molecule has 1 unspecified atom stereocenters. The fourth-order valence-electron chi connectivity index (χ4n) is 2.66. The lowest BCUT2D eigenvalue weighted by Crippen LogP contribution is -2.35. The summed E-state index contributed by atoms with van der Waals surface area (Å²) in [5.41, 5.74) is 6.79. The highest BCUT2D eigenvalue weighted by Gasteiger charge is 2.19. The average molecular weight is 315 g/mol. The molecule has 2 N–H and O–H groups in total. The van der Waals surface area contributed by atoms with Crippen LogP contribution < -0.4 is 5.73 Å². The molecule has 1 saturated heterocycles. The van der Waals surface area contributed by atoms with E-state index in [2.05, 4.69) is 20.8 Å². The lowest BCUT2D eigenvalue weighted by molar-refractivity contribution is 0.163. The summed E-state index contributed by atoms with van der Waals surface area (Å²) in [7, 11) is 0. The largest absolute Gasteiger partial charge is 0.330 e. The first-order valence-electron chi connectivity index (χ1n) is 6.55. The van der Waals surface area contributed by atoms with Crippen LogP contribution in [0.25, 0.3) is 0 Å². The van der Waals surface area contributed by atoms with E-state index in [1.807, 2.05) is 6.07 Å². The molecule has 18 heavy (non-hydrogen) atoms. The maximum absolute atomic E-state index is 13.0. The standard InChI is InChI=1S/C14H20BrFN2/c15-14-8-13(16)4-3-12(14)10-18-7-1-2-11(9-18)5-6-17/h3-4,8,11H,1-2,5-7,9-10,17H2. The second-order valence-electron chi connectivity index (χ2n) is 5.06. The third-order valence-electron chi connectivity index (χ3n) is 3.59. The molecule has 0 radical (unpaired) electrons. The van der Waals surface area contributed by atoms with Gasteiger partial charge in [-0.3, -0.25) is 4.90 Å². The number of nitrogens with two attached hydrogens (primary N) is 1. The topological polar surface area (TPSA) is 29.3 Å². The van der Waals surface area contributed by atoms with E-state index in [0.29, 0.717) is 0 Å². The van der Waals surface area contributed by atoms with Crippen molar-refractivity contribution in [3.63, 3.8) is 0 Å². The third-order valence-corrected chi connectivity index (χ3v) is 4.33. The molecule has 0 amide bonds. The second kappa shape index (κ2) is 6.64. The Morgan fingerprint density at radius 3 is 3.00 bits per heavy atom. The Balaban J connectivity index is 1.96. The van der Waals surface area contributed by atoms with Crippen molar-refractivity contribution in [3.8, 4) is 0 Å². The number of likely N-dealkylation sites (tertiary alicyclic amines) is 1. The Kier molecular flexibility index (Phi) is 5.15. The molecule has 0 bridgehead atoms. The minimum Gasteiger partial charge on any atom is -0.330 e. The number of hydrogen-bond acceptors (Lipinski definition) is 2. The van der Waals surface area contributed by atoms with Crippen LogP contribution in [-0.4, -0.2) is 24.5 Å². The summed E-state index contributed by atoms with van der Waals surface area (Å²) in [4.78, 5) is 2.45. The number of hydrogen-bond donors (Lipinski definition) is 1. The number of piperidine rings is 1. The zero-order valence-corrected chi connectivity index (χ0v) is 12.1. The summed E-state index contributed by atoms with van der Waals surface area (Å²) in [6, 6.07) is 4.93. The van der Waals surface area contributed by atoms with Crippen molar-refractivity contribution < 1.29 is 4.39 Å². The van der Waals surface area contributed by atoms with E-state index in [-0.39, 0.29) is 5.82 Å². The first-order valence-corrected chi connectivity index (χ1v) is 7.34. The molecule has 100 valence electrons. The fourth-order valence-corrected chi connectivity index (χ4v) is 3.13. The van der Waals surface area contributed by atoms with Crippen LogP contribution in [0.15, 0.2) is 22.7 Å².